The van der Waals surface area contributed by atoms with Crippen LogP contribution in [0.5, 0.6) is 0 Å². The van der Waals surface area contributed by atoms with Gasteiger partial charge in [0.2, 0.25) is 0 Å². The Morgan fingerprint density at radius 2 is 0.667 bits per heavy atom. The minimum Gasteiger partial charge on any atom is -2.00 e. The zero-order valence-electron chi connectivity index (χ0n) is 2.99. The van der Waals surface area contributed by atoms with Crippen LogP contribution in [0.25, 0.3) is 0 Å². The third-order valence-electron chi connectivity index (χ3n) is 0. The average Bonchev–Trinajstić information content (AvgIpc) is 0. The molecule has 30 valence electrons. The Kier molecular flexibility index (Phi) is 431. The first kappa shape index (κ1) is 61.4. The standard InChI is InChI=1S/Ca.Fe.3O.Sr/q2*+2;3*-2;+2. The van der Waals surface area contributed by atoms with E-state index in [0.29, 0.717) is 0 Å². The van der Waals surface area contributed by atoms with Gasteiger partial charge < -0.3 is 16.4 Å². The van der Waals surface area contributed by atoms with E-state index in [1.54, 1.807) is 0 Å². The van der Waals surface area contributed by atoms with Gasteiger partial charge in [-0.15, -0.1) is 0 Å². The first-order valence-corrected chi connectivity index (χ1v) is 0. The fraction of sp³-hybridized carbons (Fsp3) is 0. The SMILES string of the molecule is [Ca+2].[Fe+2].[O-2].[O-2].[O-2].[Sr+2]. The molecule has 0 heterocycles. The second kappa shape index (κ2) is 42.1. The van der Waals surface area contributed by atoms with Gasteiger partial charge >= 0.3 is 100 Å². The molecule has 0 aromatic carbocycles. The molecule has 6 heavy (non-hydrogen) atoms. The van der Waals surface area contributed by atoms with E-state index in [1.165, 1.54) is 0 Å². The smallest absolute Gasteiger partial charge is 2.00 e. The Hall–Kier alpha value is 3.14. The molecule has 0 aromatic rings. The molecule has 0 N–H and O–H groups in total. The summed E-state index contributed by atoms with van der Waals surface area (Å²) >= 11 is 0. The van der Waals surface area contributed by atoms with Crippen LogP contribution in [0.3, 0.4) is 0 Å². The predicted molar refractivity (Wildman–Crippen MR) is 13.6 cm³/mol. The fourth-order valence-electron chi connectivity index (χ4n) is 0. The van der Waals surface area contributed by atoms with Crippen molar-refractivity contribution < 1.29 is 33.5 Å². The predicted octanol–water partition coefficient (Wildman–Crippen LogP) is -1.12. The van der Waals surface area contributed by atoms with Crippen LogP contribution in [0.15, 0.2) is 0 Å². The molecule has 0 aromatic heterocycles. The summed E-state index contributed by atoms with van der Waals surface area (Å²) in [5, 5.41) is 0. The average molecular weight is 232 g/mol. The molecule has 0 saturated heterocycles. The maximum atomic E-state index is 0. The van der Waals surface area contributed by atoms with Crippen molar-refractivity contribution in [1.29, 1.82) is 0 Å². The molecule has 0 aliphatic heterocycles. The Bertz CT molecular complexity index is 10.8. The molecule has 0 spiro atoms. The van der Waals surface area contributed by atoms with Crippen molar-refractivity contribution in [3.05, 3.63) is 0 Å². The Labute approximate surface area is 114 Å². The maximum Gasteiger partial charge on any atom is 2.00 e. The van der Waals surface area contributed by atoms with E-state index in [2.05, 4.69) is 0 Å². The van der Waals surface area contributed by atoms with Crippen molar-refractivity contribution in [3.8, 4) is 0 Å². The van der Waals surface area contributed by atoms with Gasteiger partial charge in [-0.25, -0.2) is 0 Å². The van der Waals surface area contributed by atoms with Crippen molar-refractivity contribution in [2.45, 2.75) is 0 Å². The molecule has 0 fully saturated rings. The van der Waals surface area contributed by atoms with Gasteiger partial charge in [0, 0.05) is 0 Å². The van der Waals surface area contributed by atoms with Crippen LogP contribution in [-0.4, -0.2) is 83.2 Å². The Morgan fingerprint density at radius 3 is 0.667 bits per heavy atom. The molecule has 0 saturated carbocycles. The van der Waals surface area contributed by atoms with Crippen LogP contribution in [0.1, 0.15) is 0 Å². The van der Waals surface area contributed by atoms with Crippen molar-refractivity contribution in [3.63, 3.8) is 0 Å². The second-order valence-electron chi connectivity index (χ2n) is 0. The molecule has 0 atom stereocenters. The molecular weight excluding hydrogens is 232 g/mol. The van der Waals surface area contributed by atoms with Gasteiger partial charge in [-0.3, -0.25) is 0 Å². The molecule has 0 bridgehead atoms. The van der Waals surface area contributed by atoms with Gasteiger partial charge in [0.25, 0.3) is 0 Å². The van der Waals surface area contributed by atoms with Crippen molar-refractivity contribution in [1.82, 2.24) is 0 Å². The van der Waals surface area contributed by atoms with Gasteiger partial charge in [0.15, 0.2) is 0 Å². The minimum absolute atomic E-state index is 0. The van der Waals surface area contributed by atoms with Gasteiger partial charge in [-0.05, 0) is 0 Å². The molecule has 0 amide bonds. The van der Waals surface area contributed by atoms with Crippen LogP contribution in [0, 0.1) is 0 Å². The first-order chi connectivity index (χ1) is 0. The molecule has 0 aliphatic carbocycles. The maximum absolute atomic E-state index is 0. The Balaban J connectivity index is 0. The van der Waals surface area contributed by atoms with Gasteiger partial charge in [-0.2, -0.15) is 0 Å². The normalized spacial score (nSPS) is 0. The summed E-state index contributed by atoms with van der Waals surface area (Å²) in [7, 11) is 0. The van der Waals surface area contributed by atoms with Crippen LogP contribution >= 0.6 is 0 Å². The third-order valence-corrected chi connectivity index (χ3v) is 0. The van der Waals surface area contributed by atoms with E-state index >= 15 is 0 Å². The van der Waals surface area contributed by atoms with E-state index in [4.69, 9.17) is 0 Å². The summed E-state index contributed by atoms with van der Waals surface area (Å²) in [4.78, 5) is 0. The minimum atomic E-state index is 0. The summed E-state index contributed by atoms with van der Waals surface area (Å²) in [5.41, 5.74) is 0. The quantitative estimate of drug-likeness (QED) is 0.473. The zero-order chi connectivity index (χ0) is 0. The number of hydrogen-bond donors (Lipinski definition) is 0. The third kappa shape index (κ3) is 27.3. The fourth-order valence-corrected chi connectivity index (χ4v) is 0. The van der Waals surface area contributed by atoms with Crippen molar-refractivity contribution >= 4 is 83.2 Å². The van der Waals surface area contributed by atoms with Crippen molar-refractivity contribution in [2.75, 3.05) is 0 Å². The van der Waals surface area contributed by atoms with E-state index < -0.39 is 0 Å². The van der Waals surface area contributed by atoms with Crippen LogP contribution in [-0.2, 0) is 33.5 Å². The summed E-state index contributed by atoms with van der Waals surface area (Å²) in [6.45, 7) is 0. The second-order valence-corrected chi connectivity index (χ2v) is 0. The monoisotopic (exact) mass is 232 g/mol. The summed E-state index contributed by atoms with van der Waals surface area (Å²) < 4.78 is 0. The Morgan fingerprint density at radius 1 is 0.667 bits per heavy atom. The topological polar surface area (TPSA) is 85.5 Å². The number of hydrogen-bond acceptors (Lipinski definition) is 0. The van der Waals surface area contributed by atoms with Gasteiger partial charge in [0.05, 0.1) is 0 Å². The van der Waals surface area contributed by atoms with Crippen LogP contribution < -0.4 is 0 Å². The summed E-state index contributed by atoms with van der Waals surface area (Å²) in [6.07, 6.45) is 0. The molecular formula is CaFeO3Sr. The van der Waals surface area contributed by atoms with Crippen LogP contribution in [0.4, 0.5) is 0 Å². The van der Waals surface area contributed by atoms with Gasteiger partial charge in [0.1, 0.15) is 0 Å². The molecule has 0 unspecified atom stereocenters. The summed E-state index contributed by atoms with van der Waals surface area (Å²) in [5.74, 6) is 0. The number of rotatable bonds is 0. The molecule has 0 rings (SSSR count). The zero-order valence-corrected chi connectivity index (χ0v) is 9.78. The van der Waals surface area contributed by atoms with E-state index in [-0.39, 0.29) is 117 Å². The molecule has 3 nitrogen and oxygen atoms in total. The molecule has 6 heteroatoms. The van der Waals surface area contributed by atoms with Gasteiger partial charge in [-0.1, -0.05) is 0 Å². The molecule has 0 aliphatic rings. The summed E-state index contributed by atoms with van der Waals surface area (Å²) in [6, 6.07) is 0. The molecule has 0 radical (unpaired) electrons. The van der Waals surface area contributed by atoms with Crippen molar-refractivity contribution in [2.24, 2.45) is 0 Å². The van der Waals surface area contributed by atoms with E-state index in [1.807, 2.05) is 0 Å². The van der Waals surface area contributed by atoms with E-state index in [9.17, 15) is 0 Å². The van der Waals surface area contributed by atoms with Crippen LogP contribution in [0.2, 0.25) is 0 Å². The van der Waals surface area contributed by atoms with E-state index in [0.717, 1.165) is 0 Å². The largest absolute Gasteiger partial charge is 2.00 e. The first-order valence-electron chi connectivity index (χ1n) is 0.